The molecule has 0 aromatic carbocycles. The molecule has 0 saturated carbocycles. The number of amides is 1. The Kier molecular flexibility index (Phi) is 6.34. The van der Waals surface area contributed by atoms with E-state index in [1.54, 1.807) is 11.8 Å². The standard InChI is InChI=1S/C12H25NO3S/c1-11(2,3)16-10(15)13-9(7-14)8-17-12(4,5)6/h9,14H,7-8H2,1-6H3,(H,13,15). The molecule has 0 aromatic heterocycles. The molecule has 5 heteroatoms. The highest BCUT2D eigenvalue weighted by Crippen LogP contribution is 2.23. The van der Waals surface area contributed by atoms with E-state index in [1.165, 1.54) is 0 Å². The molecule has 0 spiro atoms. The number of thioether (sulfide) groups is 1. The first kappa shape index (κ1) is 16.6. The summed E-state index contributed by atoms with van der Waals surface area (Å²) in [6.45, 7) is 11.6. The van der Waals surface area contributed by atoms with E-state index in [0.29, 0.717) is 5.75 Å². The number of rotatable bonds is 4. The maximum Gasteiger partial charge on any atom is 0.407 e. The molecule has 0 aliphatic heterocycles. The summed E-state index contributed by atoms with van der Waals surface area (Å²) in [5.41, 5.74) is -0.513. The van der Waals surface area contributed by atoms with Gasteiger partial charge in [-0.3, -0.25) is 0 Å². The number of hydrogen-bond acceptors (Lipinski definition) is 4. The van der Waals surface area contributed by atoms with Crippen molar-refractivity contribution in [3.63, 3.8) is 0 Å². The van der Waals surface area contributed by atoms with Crippen LogP contribution < -0.4 is 5.32 Å². The summed E-state index contributed by atoms with van der Waals surface area (Å²) < 4.78 is 5.25. The summed E-state index contributed by atoms with van der Waals surface area (Å²) in [5.74, 6) is 0.666. The Morgan fingerprint density at radius 1 is 1.29 bits per heavy atom. The topological polar surface area (TPSA) is 58.6 Å². The molecule has 1 amide bonds. The van der Waals surface area contributed by atoms with Crippen molar-refractivity contribution in [3.05, 3.63) is 0 Å². The number of aliphatic hydroxyl groups excluding tert-OH is 1. The van der Waals surface area contributed by atoms with Crippen molar-refractivity contribution in [1.29, 1.82) is 0 Å². The van der Waals surface area contributed by atoms with Gasteiger partial charge in [-0.05, 0) is 20.8 Å². The summed E-state index contributed by atoms with van der Waals surface area (Å²) in [5, 5.41) is 11.9. The van der Waals surface area contributed by atoms with E-state index >= 15 is 0 Å². The maximum absolute atomic E-state index is 11.5. The third-order valence-electron chi connectivity index (χ3n) is 1.66. The first-order valence-corrected chi connectivity index (χ1v) is 6.76. The van der Waals surface area contributed by atoms with Gasteiger partial charge in [0.25, 0.3) is 0 Å². The molecule has 1 unspecified atom stereocenters. The van der Waals surface area contributed by atoms with Crippen molar-refractivity contribution in [1.82, 2.24) is 5.32 Å². The van der Waals surface area contributed by atoms with E-state index < -0.39 is 11.7 Å². The maximum atomic E-state index is 11.5. The normalized spacial score (nSPS) is 14.3. The van der Waals surface area contributed by atoms with Crippen LogP contribution >= 0.6 is 11.8 Å². The molecule has 2 N–H and O–H groups in total. The van der Waals surface area contributed by atoms with Gasteiger partial charge in [-0.1, -0.05) is 20.8 Å². The van der Waals surface area contributed by atoms with Gasteiger partial charge >= 0.3 is 6.09 Å². The van der Waals surface area contributed by atoms with Crippen LogP contribution in [0.3, 0.4) is 0 Å². The zero-order valence-electron chi connectivity index (χ0n) is 11.7. The minimum atomic E-state index is -0.513. The summed E-state index contributed by atoms with van der Waals surface area (Å²) in [7, 11) is 0. The lowest BCUT2D eigenvalue weighted by atomic mass is 10.2. The third kappa shape index (κ3) is 10.5. The van der Waals surface area contributed by atoms with E-state index in [1.807, 2.05) is 20.8 Å². The summed E-state index contributed by atoms with van der Waals surface area (Å²) in [6.07, 6.45) is -0.481. The van der Waals surface area contributed by atoms with Gasteiger partial charge < -0.3 is 15.2 Å². The van der Waals surface area contributed by atoms with Gasteiger partial charge in [0, 0.05) is 10.5 Å². The fourth-order valence-electron chi connectivity index (χ4n) is 0.965. The first-order chi connectivity index (χ1) is 7.53. The highest BCUT2D eigenvalue weighted by Gasteiger charge is 2.20. The fourth-order valence-corrected chi connectivity index (χ4v) is 1.85. The molecule has 0 heterocycles. The largest absolute Gasteiger partial charge is 0.444 e. The molecular weight excluding hydrogens is 238 g/mol. The van der Waals surface area contributed by atoms with Gasteiger partial charge in [-0.25, -0.2) is 4.79 Å². The van der Waals surface area contributed by atoms with Crippen LogP contribution in [0.5, 0.6) is 0 Å². The molecule has 1 atom stereocenters. The van der Waals surface area contributed by atoms with Gasteiger partial charge in [0.2, 0.25) is 0 Å². The van der Waals surface area contributed by atoms with Gasteiger partial charge in [0.1, 0.15) is 5.60 Å². The van der Waals surface area contributed by atoms with Crippen molar-refractivity contribution in [2.75, 3.05) is 12.4 Å². The molecule has 0 bridgehead atoms. The zero-order valence-corrected chi connectivity index (χ0v) is 12.5. The Labute approximate surface area is 108 Å². The van der Waals surface area contributed by atoms with Crippen molar-refractivity contribution < 1.29 is 14.6 Å². The number of aliphatic hydroxyl groups is 1. The van der Waals surface area contributed by atoms with Crippen LogP contribution in [0.1, 0.15) is 41.5 Å². The Balaban J connectivity index is 4.09. The predicted molar refractivity (Wildman–Crippen MR) is 72.5 cm³/mol. The zero-order chi connectivity index (χ0) is 13.7. The molecule has 0 rings (SSSR count). The average Bonchev–Trinajstić information content (AvgIpc) is 2.07. The van der Waals surface area contributed by atoms with Crippen molar-refractivity contribution in [2.24, 2.45) is 0 Å². The SMILES string of the molecule is CC(C)(C)OC(=O)NC(CO)CSC(C)(C)C. The third-order valence-corrected chi connectivity index (χ3v) is 3.09. The quantitative estimate of drug-likeness (QED) is 0.817. The van der Waals surface area contributed by atoms with Crippen LogP contribution in [0.25, 0.3) is 0 Å². The van der Waals surface area contributed by atoms with Crippen LogP contribution in [0.2, 0.25) is 0 Å². The molecule has 0 aromatic rings. The monoisotopic (exact) mass is 263 g/mol. The summed E-state index contributed by atoms with van der Waals surface area (Å²) in [6, 6.07) is -0.269. The van der Waals surface area contributed by atoms with E-state index in [-0.39, 0.29) is 17.4 Å². The Morgan fingerprint density at radius 2 is 1.82 bits per heavy atom. The number of hydrogen-bond donors (Lipinski definition) is 2. The second-order valence-corrected chi connectivity index (χ2v) is 7.80. The van der Waals surface area contributed by atoms with E-state index in [4.69, 9.17) is 4.74 Å². The molecule has 0 aliphatic carbocycles. The van der Waals surface area contributed by atoms with Crippen LogP contribution in [-0.4, -0.2) is 39.9 Å². The lowest BCUT2D eigenvalue weighted by Crippen LogP contribution is -2.42. The fraction of sp³-hybridized carbons (Fsp3) is 0.917. The Hall–Kier alpha value is -0.420. The van der Waals surface area contributed by atoms with Crippen LogP contribution in [0, 0.1) is 0 Å². The van der Waals surface area contributed by atoms with Gasteiger partial charge in [-0.2, -0.15) is 11.8 Å². The Morgan fingerprint density at radius 3 is 2.18 bits per heavy atom. The lowest BCUT2D eigenvalue weighted by Gasteiger charge is -2.25. The smallest absolute Gasteiger partial charge is 0.407 e. The van der Waals surface area contributed by atoms with Crippen molar-refractivity contribution in [3.8, 4) is 0 Å². The molecular formula is C12H25NO3S. The number of carbonyl (C=O) groups excluding carboxylic acids is 1. The minimum absolute atomic E-state index is 0.0810. The highest BCUT2D eigenvalue weighted by atomic mass is 32.2. The van der Waals surface area contributed by atoms with Gasteiger partial charge in [0.15, 0.2) is 0 Å². The first-order valence-electron chi connectivity index (χ1n) is 5.78. The number of ether oxygens (including phenoxy) is 1. The van der Waals surface area contributed by atoms with Crippen LogP contribution in [-0.2, 0) is 4.74 Å². The molecule has 4 nitrogen and oxygen atoms in total. The number of nitrogens with one attached hydrogen (secondary N) is 1. The van der Waals surface area contributed by atoms with Gasteiger partial charge in [0.05, 0.1) is 12.6 Å². The van der Waals surface area contributed by atoms with Crippen molar-refractivity contribution >= 4 is 17.9 Å². The van der Waals surface area contributed by atoms with Crippen LogP contribution in [0.15, 0.2) is 0 Å². The molecule has 17 heavy (non-hydrogen) atoms. The van der Waals surface area contributed by atoms with E-state index in [2.05, 4.69) is 26.1 Å². The summed E-state index contributed by atoms with van der Waals surface area (Å²) in [4.78, 5) is 11.5. The Bertz CT molecular complexity index is 243. The molecule has 0 fully saturated rings. The minimum Gasteiger partial charge on any atom is -0.444 e. The highest BCUT2D eigenvalue weighted by molar-refractivity contribution is 8.00. The van der Waals surface area contributed by atoms with Crippen molar-refractivity contribution in [2.45, 2.75) is 57.9 Å². The molecule has 0 radical (unpaired) electrons. The predicted octanol–water partition coefficient (Wildman–Crippen LogP) is 2.40. The molecule has 0 saturated heterocycles. The van der Waals surface area contributed by atoms with E-state index in [0.717, 1.165) is 0 Å². The number of carbonyl (C=O) groups is 1. The van der Waals surface area contributed by atoms with Gasteiger partial charge in [-0.15, -0.1) is 0 Å². The summed E-state index contributed by atoms with van der Waals surface area (Å²) >= 11 is 1.70. The lowest BCUT2D eigenvalue weighted by molar-refractivity contribution is 0.0491. The number of alkyl carbamates (subject to hydrolysis) is 1. The average molecular weight is 263 g/mol. The molecule has 102 valence electrons. The second kappa shape index (κ2) is 6.50. The second-order valence-electron chi connectivity index (χ2n) is 5.95. The molecule has 0 aliphatic rings. The van der Waals surface area contributed by atoms with E-state index in [9.17, 15) is 9.90 Å². The van der Waals surface area contributed by atoms with Crippen LogP contribution in [0.4, 0.5) is 4.79 Å².